The molecule has 5 N–H and O–H groups in total. The van der Waals surface area contributed by atoms with Gasteiger partial charge in [-0.3, -0.25) is 4.57 Å². The predicted molar refractivity (Wildman–Crippen MR) is 69.1 cm³/mol. The number of aromatic nitrogens is 3. The van der Waals surface area contributed by atoms with Crippen LogP contribution in [0.3, 0.4) is 0 Å². The molecule has 3 rings (SSSR count). The van der Waals surface area contributed by atoms with E-state index in [4.69, 9.17) is 15.6 Å². The van der Waals surface area contributed by atoms with Crippen LogP contribution in [0.4, 0.5) is 5.82 Å². The molecule has 0 saturated carbocycles. The highest BCUT2D eigenvalue weighted by atomic mass is 32.1. The maximum absolute atomic E-state index is 12.0. The number of fused-ring (bicyclic) bond motifs is 1. The lowest BCUT2D eigenvalue weighted by molar-refractivity contribution is -0.0527. The van der Waals surface area contributed by atoms with Crippen molar-refractivity contribution in [2.24, 2.45) is 0 Å². The van der Waals surface area contributed by atoms with Crippen LogP contribution in [0.5, 0.6) is 0 Å². The summed E-state index contributed by atoms with van der Waals surface area (Å²) in [6.45, 7) is -0.475. The third kappa shape index (κ3) is 1.81. The Bertz CT molecular complexity index is 701. The zero-order valence-electron chi connectivity index (χ0n) is 10.1. The topological polar surface area (TPSA) is 144 Å². The number of hydrogen-bond acceptors (Lipinski definition) is 9. The fourth-order valence-electron chi connectivity index (χ4n) is 2.23. The molecule has 0 aliphatic carbocycles. The Kier molecular flexibility index (Phi) is 3.18. The molecule has 0 amide bonds. The number of hydrogen-bond donors (Lipinski definition) is 4. The minimum Gasteiger partial charge on any atom is -0.394 e. The molecule has 3 heterocycles. The minimum atomic E-state index is -1.36. The summed E-state index contributed by atoms with van der Waals surface area (Å²) in [7, 11) is 0. The van der Waals surface area contributed by atoms with Gasteiger partial charge < -0.3 is 25.8 Å². The van der Waals surface area contributed by atoms with Crippen LogP contribution in [0, 0.1) is 0 Å². The zero-order valence-corrected chi connectivity index (χ0v) is 10.9. The Morgan fingerprint density at radius 1 is 1.45 bits per heavy atom. The van der Waals surface area contributed by atoms with Crippen molar-refractivity contribution in [3.63, 3.8) is 0 Å². The fourth-order valence-corrected chi connectivity index (χ4v) is 2.90. The highest BCUT2D eigenvalue weighted by Crippen LogP contribution is 2.31. The van der Waals surface area contributed by atoms with Gasteiger partial charge >= 0.3 is 5.69 Å². The quantitative estimate of drug-likeness (QED) is 0.501. The van der Waals surface area contributed by atoms with E-state index >= 15 is 0 Å². The van der Waals surface area contributed by atoms with Gasteiger partial charge in [-0.15, -0.1) is 0 Å². The molecule has 1 aliphatic heterocycles. The van der Waals surface area contributed by atoms with Crippen molar-refractivity contribution in [3.05, 3.63) is 15.9 Å². The van der Waals surface area contributed by atoms with Gasteiger partial charge in [0.2, 0.25) is 0 Å². The van der Waals surface area contributed by atoms with E-state index in [2.05, 4.69) is 9.36 Å². The largest absolute Gasteiger partial charge is 0.394 e. The second-order valence-electron chi connectivity index (χ2n) is 4.43. The molecule has 0 spiro atoms. The third-order valence-electron chi connectivity index (χ3n) is 3.25. The average molecular weight is 300 g/mol. The van der Waals surface area contributed by atoms with Crippen molar-refractivity contribution in [2.75, 3.05) is 12.3 Å². The van der Waals surface area contributed by atoms with Gasteiger partial charge in [-0.05, 0) is 11.5 Å². The molecule has 9 nitrogen and oxygen atoms in total. The number of aliphatic hydroxyl groups excluding tert-OH is 3. The van der Waals surface area contributed by atoms with E-state index < -0.39 is 36.8 Å². The lowest BCUT2D eigenvalue weighted by Crippen LogP contribution is -2.36. The highest BCUT2D eigenvalue weighted by Gasteiger charge is 2.44. The highest BCUT2D eigenvalue weighted by molar-refractivity contribution is 7.04. The number of ether oxygens (including phenoxy) is 1. The van der Waals surface area contributed by atoms with Gasteiger partial charge in [0.25, 0.3) is 0 Å². The second-order valence-corrected chi connectivity index (χ2v) is 5.06. The van der Waals surface area contributed by atoms with Crippen LogP contribution in [-0.2, 0) is 4.74 Å². The molecule has 0 aromatic carbocycles. The molecule has 0 radical (unpaired) electrons. The second kappa shape index (κ2) is 4.75. The van der Waals surface area contributed by atoms with E-state index in [1.807, 2.05) is 0 Å². The van der Waals surface area contributed by atoms with Crippen LogP contribution in [-0.4, -0.2) is 54.2 Å². The Morgan fingerprint density at radius 2 is 2.20 bits per heavy atom. The first-order valence-corrected chi connectivity index (χ1v) is 6.62. The van der Waals surface area contributed by atoms with Crippen molar-refractivity contribution in [1.29, 1.82) is 0 Å². The molecule has 10 heteroatoms. The molecular formula is C10H12N4O5S. The summed E-state index contributed by atoms with van der Waals surface area (Å²) < 4.78 is 10.4. The van der Waals surface area contributed by atoms with Crippen LogP contribution >= 0.6 is 11.5 Å². The van der Waals surface area contributed by atoms with Gasteiger partial charge in [0, 0.05) is 5.38 Å². The number of anilines is 1. The van der Waals surface area contributed by atoms with Gasteiger partial charge in [-0.1, -0.05) is 0 Å². The summed E-state index contributed by atoms with van der Waals surface area (Å²) in [5.41, 5.74) is 5.58. The van der Waals surface area contributed by atoms with Gasteiger partial charge in [-0.2, -0.15) is 9.36 Å². The lowest BCUT2D eigenvalue weighted by Gasteiger charge is -2.18. The van der Waals surface area contributed by atoms with Crippen molar-refractivity contribution >= 4 is 28.4 Å². The van der Waals surface area contributed by atoms with Gasteiger partial charge in [0.05, 0.1) is 12.1 Å². The predicted octanol–water partition coefficient (Wildman–Crippen LogP) is -1.95. The fraction of sp³-hybridized carbons (Fsp3) is 0.500. The van der Waals surface area contributed by atoms with Gasteiger partial charge in [-0.25, -0.2) is 4.79 Å². The molecule has 1 fully saturated rings. The Morgan fingerprint density at radius 3 is 2.85 bits per heavy atom. The van der Waals surface area contributed by atoms with Crippen LogP contribution < -0.4 is 11.4 Å². The Hall–Kier alpha value is -1.59. The zero-order chi connectivity index (χ0) is 14.4. The van der Waals surface area contributed by atoms with E-state index in [0.717, 1.165) is 16.1 Å². The average Bonchev–Trinajstić information content (AvgIpc) is 2.99. The summed E-state index contributed by atoms with van der Waals surface area (Å²) in [6.07, 6.45) is -4.78. The summed E-state index contributed by atoms with van der Waals surface area (Å²) in [5.74, 6) is -0.00533. The summed E-state index contributed by atoms with van der Waals surface area (Å²) in [6, 6.07) is 0. The molecular weight excluding hydrogens is 288 g/mol. The summed E-state index contributed by atoms with van der Waals surface area (Å²) in [5, 5.41) is 30.4. The third-order valence-corrected chi connectivity index (χ3v) is 3.86. The minimum absolute atomic E-state index is 0.00533. The van der Waals surface area contributed by atoms with Crippen molar-refractivity contribution < 1.29 is 20.1 Å². The van der Waals surface area contributed by atoms with Crippen molar-refractivity contribution in [2.45, 2.75) is 24.5 Å². The van der Waals surface area contributed by atoms with E-state index in [1.165, 1.54) is 0 Å². The molecule has 1 saturated heterocycles. The molecule has 4 atom stereocenters. The normalized spacial score (nSPS) is 30.1. The van der Waals surface area contributed by atoms with Gasteiger partial charge in [0.15, 0.2) is 12.0 Å². The SMILES string of the molecule is Nc1nc(=O)n([C@@H]2O[C@H](CO)[C@@H](O)[C@H]2O)c2csnc12. The standard InChI is InChI=1S/C10H12N4O5S/c11-8-5-3(2-20-13-5)14(10(18)12-8)9-7(17)6(16)4(1-15)19-9/h2,4,6-7,9,15-17H,1H2,(H2,11,12,18)/t4-,6-,7-,9-/m1/s1. The Labute approximate surface area is 116 Å². The molecule has 2 aromatic heterocycles. The van der Waals surface area contributed by atoms with Crippen molar-refractivity contribution in [3.8, 4) is 0 Å². The van der Waals surface area contributed by atoms with Gasteiger partial charge in [0.1, 0.15) is 23.8 Å². The van der Waals surface area contributed by atoms with E-state index in [0.29, 0.717) is 11.0 Å². The molecule has 0 bridgehead atoms. The molecule has 1 aliphatic rings. The number of nitrogen functional groups attached to an aromatic ring is 1. The van der Waals surface area contributed by atoms with Crippen LogP contribution in [0.2, 0.25) is 0 Å². The van der Waals surface area contributed by atoms with Crippen LogP contribution in [0.25, 0.3) is 11.0 Å². The number of aliphatic hydroxyl groups is 3. The van der Waals surface area contributed by atoms with Crippen LogP contribution in [0.1, 0.15) is 6.23 Å². The first kappa shape index (κ1) is 13.4. The van der Waals surface area contributed by atoms with E-state index in [-0.39, 0.29) is 5.82 Å². The maximum Gasteiger partial charge on any atom is 0.352 e. The van der Waals surface area contributed by atoms with E-state index in [1.54, 1.807) is 5.38 Å². The first-order valence-electron chi connectivity index (χ1n) is 5.79. The monoisotopic (exact) mass is 300 g/mol. The molecule has 2 aromatic rings. The van der Waals surface area contributed by atoms with Crippen molar-refractivity contribution in [1.82, 2.24) is 13.9 Å². The van der Waals surface area contributed by atoms with Crippen LogP contribution in [0.15, 0.2) is 10.2 Å². The molecule has 20 heavy (non-hydrogen) atoms. The smallest absolute Gasteiger partial charge is 0.352 e. The number of nitrogens with zero attached hydrogens (tertiary/aromatic N) is 3. The van der Waals surface area contributed by atoms with E-state index in [9.17, 15) is 15.0 Å². The number of rotatable bonds is 2. The molecule has 0 unspecified atom stereocenters. The summed E-state index contributed by atoms with van der Waals surface area (Å²) in [4.78, 5) is 15.6. The maximum atomic E-state index is 12.0. The first-order chi connectivity index (χ1) is 9.54. The molecule has 108 valence electrons. The number of nitrogens with two attached hydrogens (primary N) is 1. The summed E-state index contributed by atoms with van der Waals surface area (Å²) >= 11 is 1.08. The lowest BCUT2D eigenvalue weighted by atomic mass is 10.1. The Balaban J connectivity index is 2.16.